The van der Waals surface area contributed by atoms with Gasteiger partial charge in [0.15, 0.2) is 5.17 Å². The number of para-hydroxylation sites is 1. The Morgan fingerprint density at radius 3 is 2.75 bits per heavy atom. The van der Waals surface area contributed by atoms with Gasteiger partial charge in [0.25, 0.3) is 0 Å². The van der Waals surface area contributed by atoms with Crippen LogP contribution in [-0.4, -0.2) is 35.6 Å². The highest BCUT2D eigenvalue weighted by Gasteiger charge is 2.32. The number of thioether (sulfide) groups is 1. The molecule has 1 saturated heterocycles. The molecule has 2 N–H and O–H groups in total. The normalized spacial score (nSPS) is 17.7. The molecule has 0 unspecified atom stereocenters. The Morgan fingerprint density at radius 1 is 1.29 bits per heavy atom. The number of hydrogen-bond donors (Lipinski definition) is 2. The van der Waals surface area contributed by atoms with Gasteiger partial charge in [0.1, 0.15) is 11.0 Å². The van der Waals surface area contributed by atoms with Crippen molar-refractivity contribution in [1.82, 2.24) is 5.32 Å². The van der Waals surface area contributed by atoms with Crippen LogP contribution in [0.15, 0.2) is 58.7 Å². The molecule has 1 fully saturated rings. The first kappa shape index (κ1) is 19.9. The predicted octanol–water partition coefficient (Wildman–Crippen LogP) is 3.30. The zero-order chi connectivity index (χ0) is 19.9. The molecule has 144 valence electrons. The van der Waals surface area contributed by atoms with Crippen molar-refractivity contribution in [2.75, 3.05) is 12.4 Å². The lowest BCUT2D eigenvalue weighted by atomic mass is 10.2. The van der Waals surface area contributed by atoms with E-state index < -0.39 is 5.25 Å². The van der Waals surface area contributed by atoms with Crippen LogP contribution in [0.2, 0.25) is 5.02 Å². The van der Waals surface area contributed by atoms with Crippen molar-refractivity contribution in [3.8, 4) is 5.75 Å². The summed E-state index contributed by atoms with van der Waals surface area (Å²) in [6.45, 7) is 0. The number of rotatable bonds is 6. The highest BCUT2D eigenvalue weighted by Crippen LogP contribution is 2.25. The lowest BCUT2D eigenvalue weighted by Crippen LogP contribution is -2.28. The minimum atomic E-state index is -0.572. The van der Waals surface area contributed by atoms with Crippen molar-refractivity contribution >= 4 is 52.2 Å². The van der Waals surface area contributed by atoms with Gasteiger partial charge in [-0.05, 0) is 42.0 Å². The third-order valence-corrected chi connectivity index (χ3v) is 5.17. The molecule has 0 radical (unpaired) electrons. The van der Waals surface area contributed by atoms with Crippen LogP contribution >= 0.6 is 23.4 Å². The van der Waals surface area contributed by atoms with Gasteiger partial charge in [0.2, 0.25) is 11.8 Å². The predicted molar refractivity (Wildman–Crippen MR) is 112 cm³/mol. The summed E-state index contributed by atoms with van der Waals surface area (Å²) in [5.41, 5.74) is 1.35. The Bertz CT molecular complexity index is 931. The van der Waals surface area contributed by atoms with Gasteiger partial charge in [0, 0.05) is 6.42 Å². The van der Waals surface area contributed by atoms with Gasteiger partial charge >= 0.3 is 0 Å². The Kier molecular flexibility index (Phi) is 6.67. The van der Waals surface area contributed by atoms with Gasteiger partial charge in [-0.3, -0.25) is 9.59 Å². The molecule has 0 aliphatic carbocycles. The fourth-order valence-corrected chi connectivity index (χ4v) is 3.46. The molecular weight excluding hydrogens is 400 g/mol. The molecule has 1 aliphatic heterocycles. The highest BCUT2D eigenvalue weighted by atomic mass is 35.5. The molecule has 2 aromatic carbocycles. The van der Waals surface area contributed by atoms with E-state index in [1.165, 1.54) is 0 Å². The summed E-state index contributed by atoms with van der Waals surface area (Å²) in [5.74, 6) is 0.168. The first-order valence-corrected chi connectivity index (χ1v) is 9.58. The van der Waals surface area contributed by atoms with Gasteiger partial charge in [0.05, 0.1) is 24.0 Å². The van der Waals surface area contributed by atoms with Gasteiger partial charge in [-0.2, -0.15) is 5.10 Å². The molecule has 2 aromatic rings. The van der Waals surface area contributed by atoms with Crippen molar-refractivity contribution in [2.45, 2.75) is 11.7 Å². The van der Waals surface area contributed by atoms with Gasteiger partial charge < -0.3 is 15.4 Å². The monoisotopic (exact) mass is 416 g/mol. The van der Waals surface area contributed by atoms with Crippen LogP contribution in [0.4, 0.5) is 5.69 Å². The number of carbonyl (C=O) groups excluding carboxylic acids is 2. The van der Waals surface area contributed by atoms with E-state index in [1.54, 1.807) is 37.6 Å². The first-order chi connectivity index (χ1) is 13.5. The van der Waals surface area contributed by atoms with Crippen LogP contribution in [0.25, 0.3) is 0 Å². The van der Waals surface area contributed by atoms with Crippen LogP contribution in [0, 0.1) is 0 Å². The molecule has 9 heteroatoms. The van der Waals surface area contributed by atoms with E-state index in [2.05, 4.69) is 20.8 Å². The third-order valence-electron chi connectivity index (χ3n) is 3.77. The smallest absolute Gasteiger partial charge is 0.240 e. The molecule has 3 rings (SSSR count). The number of nitrogens with one attached hydrogen (secondary N) is 2. The zero-order valence-electron chi connectivity index (χ0n) is 14.9. The summed E-state index contributed by atoms with van der Waals surface area (Å²) in [5, 5.41) is 13.5. The van der Waals surface area contributed by atoms with Gasteiger partial charge in [-0.1, -0.05) is 35.5 Å². The molecule has 1 aliphatic rings. The first-order valence-electron chi connectivity index (χ1n) is 8.32. The lowest BCUT2D eigenvalue weighted by molar-refractivity contribution is -0.122. The minimum absolute atomic E-state index is 0.00291. The Labute approximate surface area is 171 Å². The molecule has 0 spiro atoms. The Morgan fingerprint density at radius 2 is 2.04 bits per heavy atom. The van der Waals surface area contributed by atoms with Gasteiger partial charge in [-0.15, -0.1) is 5.10 Å². The summed E-state index contributed by atoms with van der Waals surface area (Å²) < 4.78 is 5.09. The van der Waals surface area contributed by atoms with Crippen molar-refractivity contribution in [3.63, 3.8) is 0 Å². The fraction of sp³-hybridized carbons (Fsp3) is 0.158. The number of amides is 2. The summed E-state index contributed by atoms with van der Waals surface area (Å²) >= 11 is 7.19. The van der Waals surface area contributed by atoms with Crippen LogP contribution in [-0.2, 0) is 9.59 Å². The van der Waals surface area contributed by atoms with Crippen molar-refractivity contribution in [2.24, 2.45) is 10.2 Å². The summed E-state index contributed by atoms with van der Waals surface area (Å²) in [4.78, 5) is 24.2. The number of methoxy groups -OCH3 is 1. The van der Waals surface area contributed by atoms with Gasteiger partial charge in [-0.25, -0.2) is 0 Å². The maximum absolute atomic E-state index is 12.2. The number of hydrogen-bond acceptors (Lipinski definition) is 6. The molecule has 0 aromatic heterocycles. The summed E-state index contributed by atoms with van der Waals surface area (Å²) in [6.07, 6.45) is 1.57. The Balaban J connectivity index is 1.55. The number of anilines is 1. The molecular formula is C19H17ClN4O3S. The van der Waals surface area contributed by atoms with E-state index in [1.807, 2.05) is 24.3 Å². The molecule has 1 heterocycles. The van der Waals surface area contributed by atoms with Crippen molar-refractivity contribution in [1.29, 1.82) is 0 Å². The minimum Gasteiger partial charge on any atom is -0.497 e. The van der Waals surface area contributed by atoms with E-state index in [9.17, 15) is 9.59 Å². The highest BCUT2D eigenvalue weighted by molar-refractivity contribution is 8.15. The Hall–Kier alpha value is -2.84. The van der Waals surface area contributed by atoms with Crippen LogP contribution in [0.1, 0.15) is 12.0 Å². The molecule has 2 amide bonds. The molecule has 28 heavy (non-hydrogen) atoms. The third kappa shape index (κ3) is 5.34. The standard InChI is InChI=1S/C19H17ClN4O3S/c1-27-13-8-6-12(7-9-13)11-21-24-19-23-18(26)16(28-19)10-17(25)22-15-5-3-2-4-14(15)20/h2-9,11,16H,10H2,1H3,(H,22,25)(H,23,24,26)/b21-11-/t16-/m0/s1. The quantitative estimate of drug-likeness (QED) is 0.558. The average Bonchev–Trinajstić information content (AvgIpc) is 3.03. The van der Waals surface area contributed by atoms with Crippen LogP contribution in [0.5, 0.6) is 5.75 Å². The van der Waals surface area contributed by atoms with E-state index >= 15 is 0 Å². The second-order valence-electron chi connectivity index (χ2n) is 5.75. The molecule has 1 atom stereocenters. The summed E-state index contributed by atoms with van der Waals surface area (Å²) in [7, 11) is 1.60. The SMILES string of the molecule is COc1ccc(/C=N\N=C2/NC(=O)[C@H](CC(=O)Nc3ccccc3Cl)S2)cc1. The topological polar surface area (TPSA) is 92.2 Å². The second-order valence-corrected chi connectivity index (χ2v) is 7.35. The average molecular weight is 417 g/mol. The summed E-state index contributed by atoms with van der Waals surface area (Å²) in [6, 6.07) is 14.2. The molecule has 7 nitrogen and oxygen atoms in total. The van der Waals surface area contributed by atoms with E-state index in [4.69, 9.17) is 16.3 Å². The maximum atomic E-state index is 12.2. The number of benzene rings is 2. The fourth-order valence-electron chi connectivity index (χ4n) is 2.36. The van der Waals surface area contributed by atoms with Crippen LogP contribution < -0.4 is 15.4 Å². The lowest BCUT2D eigenvalue weighted by Gasteiger charge is -2.08. The van der Waals surface area contributed by atoms with Crippen LogP contribution in [0.3, 0.4) is 0 Å². The number of carbonyl (C=O) groups is 2. The largest absolute Gasteiger partial charge is 0.497 e. The number of halogens is 1. The molecule has 0 saturated carbocycles. The van der Waals surface area contributed by atoms with E-state index in [0.717, 1.165) is 23.1 Å². The second kappa shape index (κ2) is 9.38. The van der Waals surface area contributed by atoms with Crippen molar-refractivity contribution < 1.29 is 14.3 Å². The van der Waals surface area contributed by atoms with E-state index in [-0.39, 0.29) is 18.2 Å². The van der Waals surface area contributed by atoms with Crippen molar-refractivity contribution in [3.05, 3.63) is 59.1 Å². The maximum Gasteiger partial charge on any atom is 0.240 e. The zero-order valence-corrected chi connectivity index (χ0v) is 16.5. The number of ether oxygens (including phenoxy) is 1. The molecule has 0 bridgehead atoms. The number of nitrogens with zero attached hydrogens (tertiary/aromatic N) is 2. The van der Waals surface area contributed by atoms with E-state index in [0.29, 0.717) is 15.9 Å². The number of amidine groups is 1.